The van der Waals surface area contributed by atoms with Crippen LogP contribution in [0.1, 0.15) is 51.9 Å². The molecule has 1 rings (SSSR count). The number of nitrogens with one attached hydrogen (secondary N) is 1. The smallest absolute Gasteiger partial charge is 0.0897 e. The second kappa shape index (κ2) is 12.6. The molecular weight excluding hydrogens is 254 g/mol. The monoisotopic (exact) mass is 287 g/mol. The fourth-order valence-electron chi connectivity index (χ4n) is 2.59. The summed E-state index contributed by atoms with van der Waals surface area (Å²) in [6.07, 6.45) is 8.68. The van der Waals surface area contributed by atoms with Crippen LogP contribution in [0, 0.1) is 5.92 Å². The van der Waals surface area contributed by atoms with Crippen LogP contribution in [0.5, 0.6) is 0 Å². The summed E-state index contributed by atoms with van der Waals surface area (Å²) in [5.41, 5.74) is 0. The lowest BCUT2D eigenvalue weighted by molar-refractivity contribution is 0.00365. The first-order valence-electron chi connectivity index (χ1n) is 8.37. The third-order valence-corrected chi connectivity index (χ3v) is 3.86. The zero-order valence-electron chi connectivity index (χ0n) is 13.1. The number of rotatable bonds is 12. The van der Waals surface area contributed by atoms with E-state index in [9.17, 15) is 5.11 Å². The molecular formula is C16H33NO3. The van der Waals surface area contributed by atoms with E-state index < -0.39 is 6.10 Å². The summed E-state index contributed by atoms with van der Waals surface area (Å²) < 4.78 is 10.8. The van der Waals surface area contributed by atoms with Crippen molar-refractivity contribution in [3.63, 3.8) is 0 Å². The summed E-state index contributed by atoms with van der Waals surface area (Å²) in [6.45, 7) is 6.23. The van der Waals surface area contributed by atoms with Crippen molar-refractivity contribution in [3.8, 4) is 0 Å². The standard InChI is InChI=1S/C16H33NO3/c1-2-3-9-19-10-11-20-14-16(18)13-17-12-15-7-5-4-6-8-15/h15-18H,2-14H2,1H3. The summed E-state index contributed by atoms with van der Waals surface area (Å²) >= 11 is 0. The fraction of sp³-hybridized carbons (Fsp3) is 1.00. The highest BCUT2D eigenvalue weighted by atomic mass is 16.5. The lowest BCUT2D eigenvalue weighted by Gasteiger charge is -2.22. The fourth-order valence-corrected chi connectivity index (χ4v) is 2.59. The molecule has 0 aromatic carbocycles. The van der Waals surface area contributed by atoms with Gasteiger partial charge in [-0.2, -0.15) is 0 Å². The van der Waals surface area contributed by atoms with Crippen LogP contribution in [0.15, 0.2) is 0 Å². The molecule has 120 valence electrons. The number of ether oxygens (including phenoxy) is 2. The third kappa shape index (κ3) is 9.70. The maximum Gasteiger partial charge on any atom is 0.0897 e. The Hall–Kier alpha value is -0.160. The summed E-state index contributed by atoms with van der Waals surface area (Å²) in [7, 11) is 0. The lowest BCUT2D eigenvalue weighted by Crippen LogP contribution is -2.34. The van der Waals surface area contributed by atoms with Gasteiger partial charge in [-0.3, -0.25) is 0 Å². The van der Waals surface area contributed by atoms with Crippen LogP contribution in [-0.2, 0) is 9.47 Å². The molecule has 0 amide bonds. The molecule has 2 N–H and O–H groups in total. The van der Waals surface area contributed by atoms with Crippen molar-refractivity contribution in [2.75, 3.05) is 39.5 Å². The van der Waals surface area contributed by atoms with Gasteiger partial charge >= 0.3 is 0 Å². The maximum absolute atomic E-state index is 9.79. The Morgan fingerprint density at radius 2 is 1.85 bits per heavy atom. The molecule has 0 aromatic rings. The van der Waals surface area contributed by atoms with Gasteiger partial charge < -0.3 is 19.9 Å². The molecule has 4 heteroatoms. The van der Waals surface area contributed by atoms with Crippen LogP contribution in [-0.4, -0.2) is 50.7 Å². The van der Waals surface area contributed by atoms with Crippen molar-refractivity contribution < 1.29 is 14.6 Å². The van der Waals surface area contributed by atoms with Crippen LogP contribution in [0.4, 0.5) is 0 Å². The topological polar surface area (TPSA) is 50.7 Å². The van der Waals surface area contributed by atoms with Crippen LogP contribution in [0.2, 0.25) is 0 Å². The Bertz CT molecular complexity index is 208. The van der Waals surface area contributed by atoms with E-state index in [1.807, 2.05) is 0 Å². The minimum Gasteiger partial charge on any atom is -0.389 e. The Morgan fingerprint density at radius 3 is 2.60 bits per heavy atom. The van der Waals surface area contributed by atoms with Crippen LogP contribution in [0.3, 0.4) is 0 Å². The molecule has 1 aliphatic rings. The first-order valence-corrected chi connectivity index (χ1v) is 8.37. The summed E-state index contributed by atoms with van der Waals surface area (Å²) in [4.78, 5) is 0. The highest BCUT2D eigenvalue weighted by Crippen LogP contribution is 2.22. The van der Waals surface area contributed by atoms with Crippen LogP contribution >= 0.6 is 0 Å². The number of aliphatic hydroxyl groups excluding tert-OH is 1. The van der Waals surface area contributed by atoms with Crippen molar-refractivity contribution in [1.29, 1.82) is 0 Å². The largest absolute Gasteiger partial charge is 0.389 e. The van der Waals surface area contributed by atoms with Gasteiger partial charge in [0.2, 0.25) is 0 Å². The van der Waals surface area contributed by atoms with E-state index in [-0.39, 0.29) is 0 Å². The minimum atomic E-state index is -0.408. The van der Waals surface area contributed by atoms with Crippen molar-refractivity contribution in [1.82, 2.24) is 5.32 Å². The Labute approximate surface area is 124 Å². The predicted molar refractivity (Wildman–Crippen MR) is 82.0 cm³/mol. The third-order valence-electron chi connectivity index (χ3n) is 3.86. The van der Waals surface area contributed by atoms with Gasteiger partial charge in [0.15, 0.2) is 0 Å². The second-order valence-corrected chi connectivity index (χ2v) is 5.86. The van der Waals surface area contributed by atoms with Gasteiger partial charge in [0.1, 0.15) is 0 Å². The molecule has 1 atom stereocenters. The molecule has 0 radical (unpaired) electrons. The lowest BCUT2D eigenvalue weighted by atomic mass is 9.89. The van der Waals surface area contributed by atoms with Gasteiger partial charge in [0.25, 0.3) is 0 Å². The molecule has 1 fully saturated rings. The predicted octanol–water partition coefficient (Wildman–Crippen LogP) is 2.35. The van der Waals surface area contributed by atoms with E-state index in [4.69, 9.17) is 9.47 Å². The Morgan fingerprint density at radius 1 is 1.10 bits per heavy atom. The second-order valence-electron chi connectivity index (χ2n) is 5.86. The quantitative estimate of drug-likeness (QED) is 0.541. The minimum absolute atomic E-state index is 0.398. The van der Waals surface area contributed by atoms with Crippen molar-refractivity contribution in [2.24, 2.45) is 5.92 Å². The highest BCUT2D eigenvalue weighted by Gasteiger charge is 2.13. The molecule has 20 heavy (non-hydrogen) atoms. The molecule has 0 aromatic heterocycles. The normalized spacial score (nSPS) is 18.3. The first-order chi connectivity index (χ1) is 9.83. The molecule has 0 aliphatic heterocycles. The molecule has 0 saturated heterocycles. The zero-order chi connectivity index (χ0) is 14.5. The van der Waals surface area contributed by atoms with E-state index in [1.165, 1.54) is 32.1 Å². The van der Waals surface area contributed by atoms with E-state index in [2.05, 4.69) is 12.2 Å². The number of unbranched alkanes of at least 4 members (excludes halogenated alkanes) is 1. The highest BCUT2D eigenvalue weighted by molar-refractivity contribution is 4.69. The number of hydrogen-bond donors (Lipinski definition) is 2. The van der Waals surface area contributed by atoms with E-state index in [0.29, 0.717) is 26.4 Å². The average Bonchev–Trinajstić information content (AvgIpc) is 2.47. The van der Waals surface area contributed by atoms with Gasteiger partial charge in [-0.15, -0.1) is 0 Å². The molecule has 1 aliphatic carbocycles. The van der Waals surface area contributed by atoms with E-state index in [1.54, 1.807) is 0 Å². The van der Waals surface area contributed by atoms with Gasteiger partial charge in [-0.1, -0.05) is 32.6 Å². The molecule has 0 spiro atoms. The van der Waals surface area contributed by atoms with Crippen molar-refractivity contribution in [2.45, 2.75) is 58.0 Å². The van der Waals surface area contributed by atoms with E-state index >= 15 is 0 Å². The molecule has 0 bridgehead atoms. The van der Waals surface area contributed by atoms with Crippen molar-refractivity contribution in [3.05, 3.63) is 0 Å². The van der Waals surface area contributed by atoms with Crippen LogP contribution in [0.25, 0.3) is 0 Å². The first kappa shape index (κ1) is 17.9. The molecule has 1 unspecified atom stereocenters. The Kier molecular flexibility index (Phi) is 11.2. The molecule has 1 saturated carbocycles. The van der Waals surface area contributed by atoms with E-state index in [0.717, 1.165) is 31.9 Å². The zero-order valence-corrected chi connectivity index (χ0v) is 13.1. The van der Waals surface area contributed by atoms with Gasteiger partial charge in [0, 0.05) is 13.2 Å². The summed E-state index contributed by atoms with van der Waals surface area (Å²) in [6, 6.07) is 0. The van der Waals surface area contributed by atoms with Crippen LogP contribution < -0.4 is 5.32 Å². The number of aliphatic hydroxyl groups is 1. The SMILES string of the molecule is CCCCOCCOCC(O)CNCC1CCCCC1. The summed E-state index contributed by atoms with van der Waals surface area (Å²) in [5, 5.41) is 13.2. The Balaban J connectivity index is 1.83. The maximum atomic E-state index is 9.79. The summed E-state index contributed by atoms with van der Waals surface area (Å²) in [5.74, 6) is 0.809. The van der Waals surface area contributed by atoms with Gasteiger partial charge in [-0.25, -0.2) is 0 Å². The number of hydrogen-bond acceptors (Lipinski definition) is 4. The average molecular weight is 287 g/mol. The van der Waals surface area contributed by atoms with Gasteiger partial charge in [0.05, 0.1) is 25.9 Å². The van der Waals surface area contributed by atoms with Crippen molar-refractivity contribution >= 4 is 0 Å². The molecule has 0 heterocycles. The molecule has 4 nitrogen and oxygen atoms in total. The van der Waals surface area contributed by atoms with Gasteiger partial charge in [-0.05, 0) is 31.7 Å².